The van der Waals surface area contributed by atoms with Gasteiger partial charge in [-0.2, -0.15) is 0 Å². The lowest BCUT2D eigenvalue weighted by atomic mass is 9.47. The number of carbonyl (C=O) groups is 1. The van der Waals surface area contributed by atoms with Crippen molar-refractivity contribution in [3.8, 4) is 0 Å². The van der Waals surface area contributed by atoms with Crippen LogP contribution in [-0.4, -0.2) is 35.0 Å². The van der Waals surface area contributed by atoms with Gasteiger partial charge in [0, 0.05) is 6.92 Å². The van der Waals surface area contributed by atoms with Crippen molar-refractivity contribution in [3.63, 3.8) is 0 Å². The lowest BCUT2D eigenvalue weighted by Crippen LogP contribution is -2.52. The Morgan fingerprint density at radius 2 is 2.04 bits per heavy atom. The molecule has 2 N–H and O–H groups in total. The van der Waals surface area contributed by atoms with E-state index in [1.807, 2.05) is 0 Å². The first kappa shape index (κ1) is 18.5. The van der Waals surface area contributed by atoms with Crippen LogP contribution in [0.3, 0.4) is 0 Å². The average Bonchev–Trinajstić information content (AvgIpc) is 2.84. The Bertz CT molecular complexity index is 613. The summed E-state index contributed by atoms with van der Waals surface area (Å²) < 4.78 is 5.40. The SMILES string of the molecule is CC(=O)OC[C@H]1C[C@H](O)[C@@]2(C)CC[C@H]3[C@@H](CC=C4C[C@@H](O)CC[C@@]43C)[C@H]12. The van der Waals surface area contributed by atoms with Gasteiger partial charge in [-0.3, -0.25) is 4.79 Å². The van der Waals surface area contributed by atoms with Crippen LogP contribution in [0.2, 0.25) is 0 Å². The third-order valence-corrected chi connectivity index (χ3v) is 8.67. The molecule has 4 aliphatic rings. The van der Waals surface area contributed by atoms with E-state index in [4.69, 9.17) is 4.74 Å². The summed E-state index contributed by atoms with van der Waals surface area (Å²) in [6.45, 7) is 6.59. The number of aliphatic hydroxyl groups excluding tert-OH is 2. The Kier molecular flexibility index (Phi) is 4.51. The summed E-state index contributed by atoms with van der Waals surface area (Å²) in [4.78, 5) is 11.4. The van der Waals surface area contributed by atoms with Crippen LogP contribution in [0.1, 0.15) is 65.7 Å². The molecular formula is C22H34O4. The molecule has 0 unspecified atom stereocenters. The molecule has 4 heteroatoms. The molecule has 0 spiro atoms. The first-order valence-corrected chi connectivity index (χ1v) is 10.4. The molecule has 0 radical (unpaired) electrons. The molecule has 0 aromatic carbocycles. The van der Waals surface area contributed by atoms with Crippen LogP contribution < -0.4 is 0 Å². The maximum absolute atomic E-state index is 11.4. The topological polar surface area (TPSA) is 66.8 Å². The van der Waals surface area contributed by atoms with Crippen LogP contribution in [0.5, 0.6) is 0 Å². The zero-order valence-electron chi connectivity index (χ0n) is 16.4. The Morgan fingerprint density at radius 3 is 2.77 bits per heavy atom. The van der Waals surface area contributed by atoms with Gasteiger partial charge in [0.2, 0.25) is 0 Å². The summed E-state index contributed by atoms with van der Waals surface area (Å²) >= 11 is 0. The summed E-state index contributed by atoms with van der Waals surface area (Å²) in [5.41, 5.74) is 1.61. The van der Waals surface area contributed by atoms with E-state index < -0.39 is 0 Å². The third kappa shape index (κ3) is 2.67. The van der Waals surface area contributed by atoms with Gasteiger partial charge >= 0.3 is 5.97 Å². The number of rotatable bonds is 2. The lowest BCUT2D eigenvalue weighted by Gasteiger charge is -2.58. The van der Waals surface area contributed by atoms with Gasteiger partial charge in [0.25, 0.3) is 0 Å². The standard InChI is InChI=1S/C22H34O4/c1-13(23)26-12-14-10-19(25)22(3)9-7-18-17(20(14)22)5-4-15-11-16(24)6-8-21(15,18)2/h4,14,16-20,24-25H,5-12H2,1-3H3/t14-,16+,17-,18+,19+,20+,21+,22-/m1/s1. The summed E-state index contributed by atoms with van der Waals surface area (Å²) in [6.07, 6.45) is 8.77. The summed E-state index contributed by atoms with van der Waals surface area (Å²) in [6, 6.07) is 0. The van der Waals surface area contributed by atoms with Crippen LogP contribution in [0.25, 0.3) is 0 Å². The fourth-order valence-corrected chi connectivity index (χ4v) is 7.30. The molecule has 146 valence electrons. The number of fused-ring (bicyclic) bond motifs is 5. The van der Waals surface area contributed by atoms with Gasteiger partial charge in [0.15, 0.2) is 0 Å². The van der Waals surface area contributed by atoms with Crippen LogP contribution in [-0.2, 0) is 9.53 Å². The van der Waals surface area contributed by atoms with Gasteiger partial charge in [-0.1, -0.05) is 25.5 Å². The van der Waals surface area contributed by atoms with Gasteiger partial charge in [0.05, 0.1) is 18.8 Å². The fourth-order valence-electron chi connectivity index (χ4n) is 7.30. The van der Waals surface area contributed by atoms with E-state index in [0.29, 0.717) is 24.4 Å². The van der Waals surface area contributed by atoms with Gasteiger partial charge in [-0.05, 0) is 79.4 Å². The maximum atomic E-state index is 11.4. The smallest absolute Gasteiger partial charge is 0.302 e. The van der Waals surface area contributed by atoms with Gasteiger partial charge in [-0.15, -0.1) is 0 Å². The van der Waals surface area contributed by atoms with Crippen molar-refractivity contribution in [1.82, 2.24) is 0 Å². The number of ether oxygens (including phenoxy) is 1. The quantitative estimate of drug-likeness (QED) is 0.583. The molecular weight excluding hydrogens is 328 g/mol. The van der Waals surface area contributed by atoms with E-state index in [2.05, 4.69) is 19.9 Å². The number of allylic oxidation sites excluding steroid dienone is 1. The molecule has 0 bridgehead atoms. The maximum Gasteiger partial charge on any atom is 0.302 e. The third-order valence-electron chi connectivity index (χ3n) is 8.67. The van der Waals surface area contributed by atoms with Gasteiger partial charge in [-0.25, -0.2) is 0 Å². The highest BCUT2D eigenvalue weighted by atomic mass is 16.5. The van der Waals surface area contributed by atoms with Crippen LogP contribution in [0.4, 0.5) is 0 Å². The summed E-state index contributed by atoms with van der Waals surface area (Å²) in [5, 5.41) is 21.0. The van der Waals surface area contributed by atoms with E-state index in [9.17, 15) is 15.0 Å². The molecule has 3 saturated carbocycles. The number of aliphatic hydroxyl groups is 2. The second-order valence-electron chi connectivity index (χ2n) is 9.93. The fraction of sp³-hybridized carbons (Fsp3) is 0.864. The molecule has 0 aromatic rings. The number of hydrogen-bond acceptors (Lipinski definition) is 4. The Hall–Kier alpha value is -0.870. The van der Waals surface area contributed by atoms with Crippen molar-refractivity contribution in [2.75, 3.05) is 6.61 Å². The largest absolute Gasteiger partial charge is 0.466 e. The Labute approximate surface area is 157 Å². The van der Waals surface area contributed by atoms with Crippen molar-refractivity contribution >= 4 is 5.97 Å². The van der Waals surface area contributed by atoms with Crippen LogP contribution >= 0.6 is 0 Å². The zero-order chi connectivity index (χ0) is 18.7. The molecule has 4 nitrogen and oxygen atoms in total. The second-order valence-corrected chi connectivity index (χ2v) is 9.93. The highest BCUT2D eigenvalue weighted by Gasteiger charge is 2.61. The van der Waals surface area contributed by atoms with Crippen LogP contribution in [0, 0.1) is 34.5 Å². The van der Waals surface area contributed by atoms with E-state index in [1.165, 1.54) is 18.9 Å². The molecule has 8 atom stereocenters. The van der Waals surface area contributed by atoms with Crippen molar-refractivity contribution in [3.05, 3.63) is 11.6 Å². The lowest BCUT2D eigenvalue weighted by molar-refractivity contribution is -0.144. The molecule has 26 heavy (non-hydrogen) atoms. The van der Waals surface area contributed by atoms with E-state index in [0.717, 1.165) is 38.5 Å². The number of hydrogen-bond donors (Lipinski definition) is 2. The predicted octanol–water partition coefficient (Wildman–Crippen LogP) is 3.46. The molecule has 0 aliphatic heterocycles. The monoisotopic (exact) mass is 362 g/mol. The van der Waals surface area contributed by atoms with Crippen molar-refractivity contribution < 1.29 is 19.7 Å². The van der Waals surface area contributed by atoms with Crippen molar-refractivity contribution in [2.24, 2.45) is 34.5 Å². The Balaban J connectivity index is 1.65. The highest BCUT2D eigenvalue weighted by molar-refractivity contribution is 5.65. The first-order chi connectivity index (χ1) is 12.3. The Morgan fingerprint density at radius 1 is 1.27 bits per heavy atom. The summed E-state index contributed by atoms with van der Waals surface area (Å²) in [5.74, 6) is 1.63. The zero-order valence-corrected chi connectivity index (χ0v) is 16.4. The molecule has 3 fully saturated rings. The summed E-state index contributed by atoms with van der Waals surface area (Å²) in [7, 11) is 0. The molecule has 0 amide bonds. The highest BCUT2D eigenvalue weighted by Crippen LogP contribution is 2.66. The number of esters is 1. The van der Waals surface area contributed by atoms with E-state index in [1.54, 1.807) is 0 Å². The molecule has 4 rings (SSSR count). The average molecular weight is 363 g/mol. The van der Waals surface area contributed by atoms with Crippen LogP contribution in [0.15, 0.2) is 11.6 Å². The predicted molar refractivity (Wildman–Crippen MR) is 99.2 cm³/mol. The second kappa shape index (κ2) is 6.34. The molecule has 0 heterocycles. The minimum Gasteiger partial charge on any atom is -0.466 e. The minimum absolute atomic E-state index is 0.0537. The number of carbonyl (C=O) groups excluding carboxylic acids is 1. The minimum atomic E-state index is -0.291. The molecule has 4 aliphatic carbocycles. The van der Waals surface area contributed by atoms with E-state index >= 15 is 0 Å². The first-order valence-electron chi connectivity index (χ1n) is 10.4. The van der Waals surface area contributed by atoms with Gasteiger partial charge in [0.1, 0.15) is 0 Å². The molecule has 0 saturated heterocycles. The van der Waals surface area contributed by atoms with E-state index in [-0.39, 0.29) is 34.9 Å². The van der Waals surface area contributed by atoms with Gasteiger partial charge < -0.3 is 14.9 Å². The van der Waals surface area contributed by atoms with Crippen molar-refractivity contribution in [1.29, 1.82) is 0 Å². The normalized spacial score (nSPS) is 50.3. The van der Waals surface area contributed by atoms with Crippen molar-refractivity contribution in [2.45, 2.75) is 77.9 Å². The molecule has 0 aromatic heterocycles.